The number of H-pyrrole nitrogens is 1. The molecule has 1 unspecified atom stereocenters. The molecular formula is C21H21N5O4S. The van der Waals surface area contributed by atoms with Gasteiger partial charge in [-0.1, -0.05) is 0 Å². The Morgan fingerprint density at radius 3 is 2.74 bits per heavy atom. The Bertz CT molecular complexity index is 1170. The molecule has 2 N–H and O–H groups in total. The lowest BCUT2D eigenvalue weighted by molar-refractivity contribution is -0.385. The number of carbonyl (C=O) groups is 2. The molecule has 1 aliphatic heterocycles. The molecule has 2 amide bonds. The van der Waals surface area contributed by atoms with E-state index in [1.807, 2.05) is 19.1 Å². The SMILES string of the molecule is Cc1ccc(-c2cc(NC(=O)C3CCCN3C(=O)c3ccc([N+](=O)[O-])c(C)c3)n[nH]2)s1. The molecule has 1 saturated heterocycles. The maximum absolute atomic E-state index is 13.0. The van der Waals surface area contributed by atoms with Crippen molar-refractivity contribution in [2.24, 2.45) is 0 Å². The van der Waals surface area contributed by atoms with E-state index in [0.717, 1.165) is 10.6 Å². The van der Waals surface area contributed by atoms with Crippen molar-refractivity contribution in [3.05, 3.63) is 62.5 Å². The lowest BCUT2D eigenvalue weighted by Crippen LogP contribution is -2.43. The van der Waals surface area contributed by atoms with Crippen molar-refractivity contribution < 1.29 is 14.5 Å². The number of nitro groups is 1. The number of anilines is 1. The number of nitrogens with zero attached hydrogens (tertiary/aromatic N) is 3. The van der Waals surface area contributed by atoms with Gasteiger partial charge in [0.05, 0.1) is 15.5 Å². The number of aromatic amines is 1. The Morgan fingerprint density at radius 2 is 2.06 bits per heavy atom. The van der Waals surface area contributed by atoms with Crippen molar-refractivity contribution >= 4 is 34.7 Å². The molecule has 1 fully saturated rings. The van der Waals surface area contributed by atoms with E-state index in [2.05, 4.69) is 15.5 Å². The number of hydrogen-bond donors (Lipinski definition) is 2. The summed E-state index contributed by atoms with van der Waals surface area (Å²) in [6, 6.07) is 9.41. The summed E-state index contributed by atoms with van der Waals surface area (Å²) < 4.78 is 0. The highest BCUT2D eigenvalue weighted by Gasteiger charge is 2.35. The van der Waals surface area contributed by atoms with Gasteiger partial charge >= 0.3 is 0 Å². The zero-order chi connectivity index (χ0) is 22.1. The van der Waals surface area contributed by atoms with Crippen molar-refractivity contribution in [1.82, 2.24) is 15.1 Å². The molecule has 9 nitrogen and oxygen atoms in total. The molecule has 3 heterocycles. The van der Waals surface area contributed by atoms with E-state index >= 15 is 0 Å². The van der Waals surface area contributed by atoms with Gasteiger partial charge in [-0.05, 0) is 51.0 Å². The summed E-state index contributed by atoms with van der Waals surface area (Å²) in [6.45, 7) is 4.06. The fourth-order valence-electron chi connectivity index (χ4n) is 3.74. The second kappa shape index (κ2) is 8.31. The first-order valence-corrected chi connectivity index (χ1v) is 10.6. The van der Waals surface area contributed by atoms with Crippen molar-refractivity contribution in [3.8, 4) is 10.6 Å². The predicted molar refractivity (Wildman–Crippen MR) is 117 cm³/mol. The van der Waals surface area contributed by atoms with Crippen LogP contribution in [0.1, 0.15) is 33.6 Å². The molecule has 1 atom stereocenters. The molecule has 1 aliphatic rings. The van der Waals surface area contributed by atoms with E-state index in [1.165, 1.54) is 28.0 Å². The van der Waals surface area contributed by atoms with Gasteiger partial charge in [-0.3, -0.25) is 24.8 Å². The molecule has 0 saturated carbocycles. The second-order valence-electron chi connectivity index (χ2n) is 7.48. The van der Waals surface area contributed by atoms with Gasteiger partial charge in [-0.15, -0.1) is 11.3 Å². The number of nitrogens with one attached hydrogen (secondary N) is 2. The van der Waals surface area contributed by atoms with Crippen molar-refractivity contribution in [2.75, 3.05) is 11.9 Å². The molecule has 0 spiro atoms. The van der Waals surface area contributed by atoms with Crippen LogP contribution in [0.4, 0.5) is 11.5 Å². The van der Waals surface area contributed by atoms with E-state index in [1.54, 1.807) is 24.3 Å². The molecule has 4 rings (SSSR count). The van der Waals surface area contributed by atoms with Gasteiger partial charge in [-0.2, -0.15) is 5.10 Å². The molecule has 0 radical (unpaired) electrons. The first-order valence-electron chi connectivity index (χ1n) is 9.82. The molecule has 160 valence electrons. The Balaban J connectivity index is 1.47. The first-order chi connectivity index (χ1) is 14.8. The average Bonchev–Trinajstić information content (AvgIpc) is 3.47. The topological polar surface area (TPSA) is 121 Å². The number of carbonyl (C=O) groups excluding carboxylic acids is 2. The van der Waals surface area contributed by atoms with Gasteiger partial charge in [0.25, 0.3) is 11.6 Å². The maximum Gasteiger partial charge on any atom is 0.272 e. The number of benzene rings is 1. The Morgan fingerprint density at radius 1 is 1.26 bits per heavy atom. The van der Waals surface area contributed by atoms with Crippen molar-refractivity contribution in [2.45, 2.75) is 32.7 Å². The van der Waals surface area contributed by atoms with Crippen LogP contribution in [-0.4, -0.2) is 44.4 Å². The minimum absolute atomic E-state index is 0.0393. The average molecular weight is 439 g/mol. The fourth-order valence-corrected chi connectivity index (χ4v) is 4.58. The number of thiophene rings is 1. The van der Waals surface area contributed by atoms with Crippen LogP contribution >= 0.6 is 11.3 Å². The lowest BCUT2D eigenvalue weighted by atomic mass is 10.1. The third-order valence-corrected chi connectivity index (χ3v) is 6.33. The van der Waals surface area contributed by atoms with Gasteiger partial charge in [0.1, 0.15) is 6.04 Å². The van der Waals surface area contributed by atoms with Crippen LogP contribution in [0.3, 0.4) is 0 Å². The summed E-state index contributed by atoms with van der Waals surface area (Å²) >= 11 is 1.63. The van der Waals surface area contributed by atoms with E-state index in [4.69, 9.17) is 0 Å². The number of hydrogen-bond acceptors (Lipinski definition) is 6. The molecule has 0 bridgehead atoms. The summed E-state index contributed by atoms with van der Waals surface area (Å²) in [6.07, 6.45) is 1.25. The third-order valence-electron chi connectivity index (χ3n) is 5.29. The molecular weight excluding hydrogens is 418 g/mol. The molecule has 1 aromatic carbocycles. The highest BCUT2D eigenvalue weighted by molar-refractivity contribution is 7.15. The number of amides is 2. The van der Waals surface area contributed by atoms with Crippen molar-refractivity contribution in [3.63, 3.8) is 0 Å². The molecule has 10 heteroatoms. The van der Waals surface area contributed by atoms with Crippen LogP contribution in [0.2, 0.25) is 0 Å². The van der Waals surface area contributed by atoms with Crippen LogP contribution < -0.4 is 5.32 Å². The second-order valence-corrected chi connectivity index (χ2v) is 8.77. The number of nitro benzene ring substituents is 1. The number of likely N-dealkylation sites (tertiary alicyclic amines) is 1. The van der Waals surface area contributed by atoms with Crippen LogP contribution in [-0.2, 0) is 4.79 Å². The highest BCUT2D eigenvalue weighted by Crippen LogP contribution is 2.28. The standard InChI is InChI=1S/C21H21N5O4S/c1-12-10-14(6-7-16(12)26(29)30)21(28)25-9-3-4-17(25)20(27)22-19-11-15(23-24-19)18-8-5-13(2)31-18/h5-8,10-11,17H,3-4,9H2,1-2H3,(H2,22,23,24,27). The lowest BCUT2D eigenvalue weighted by Gasteiger charge is -2.23. The van der Waals surface area contributed by atoms with E-state index in [0.29, 0.717) is 36.3 Å². The van der Waals surface area contributed by atoms with Gasteiger partial charge < -0.3 is 10.2 Å². The van der Waals surface area contributed by atoms with Gasteiger partial charge in [0, 0.05) is 34.7 Å². The Hall–Kier alpha value is -3.53. The zero-order valence-electron chi connectivity index (χ0n) is 17.0. The number of aromatic nitrogens is 2. The number of aryl methyl sites for hydroxylation is 2. The van der Waals surface area contributed by atoms with E-state index in [9.17, 15) is 19.7 Å². The zero-order valence-corrected chi connectivity index (χ0v) is 17.9. The maximum atomic E-state index is 13.0. The van der Waals surface area contributed by atoms with Gasteiger partial charge in [0.2, 0.25) is 5.91 Å². The molecule has 0 aliphatic carbocycles. The number of rotatable bonds is 5. The largest absolute Gasteiger partial charge is 0.327 e. The summed E-state index contributed by atoms with van der Waals surface area (Å²) in [5, 5.41) is 20.9. The van der Waals surface area contributed by atoms with E-state index in [-0.39, 0.29) is 17.5 Å². The van der Waals surface area contributed by atoms with Crippen LogP contribution in [0.15, 0.2) is 36.4 Å². The van der Waals surface area contributed by atoms with Crippen LogP contribution in [0, 0.1) is 24.0 Å². The summed E-state index contributed by atoms with van der Waals surface area (Å²) in [5.41, 5.74) is 1.51. The molecule has 31 heavy (non-hydrogen) atoms. The molecule has 3 aromatic rings. The Kier molecular flexibility index (Phi) is 5.55. The third kappa shape index (κ3) is 4.19. The van der Waals surface area contributed by atoms with Crippen molar-refractivity contribution in [1.29, 1.82) is 0 Å². The minimum atomic E-state index is -0.618. The smallest absolute Gasteiger partial charge is 0.272 e. The van der Waals surface area contributed by atoms with Gasteiger partial charge in [0.15, 0.2) is 5.82 Å². The predicted octanol–water partition coefficient (Wildman–Crippen LogP) is 3.91. The minimum Gasteiger partial charge on any atom is -0.327 e. The monoisotopic (exact) mass is 439 g/mol. The van der Waals surface area contributed by atoms with Gasteiger partial charge in [-0.25, -0.2) is 0 Å². The van der Waals surface area contributed by atoms with Crippen LogP contribution in [0.5, 0.6) is 0 Å². The summed E-state index contributed by atoms with van der Waals surface area (Å²) in [7, 11) is 0. The quantitative estimate of drug-likeness (QED) is 0.461. The summed E-state index contributed by atoms with van der Waals surface area (Å²) in [5.74, 6) is -0.214. The highest BCUT2D eigenvalue weighted by atomic mass is 32.1. The molecule has 2 aromatic heterocycles. The van der Waals surface area contributed by atoms with Crippen LogP contribution in [0.25, 0.3) is 10.6 Å². The first kappa shape index (κ1) is 20.7. The fraction of sp³-hybridized carbons (Fsp3) is 0.286. The summed E-state index contributed by atoms with van der Waals surface area (Å²) in [4.78, 5) is 40.1. The van der Waals surface area contributed by atoms with E-state index < -0.39 is 11.0 Å². The normalized spacial score (nSPS) is 15.8. The Labute approximate surface area is 182 Å².